The van der Waals surface area contributed by atoms with E-state index in [1.165, 1.54) is 44.1 Å². The minimum absolute atomic E-state index is 0.0347. The molecule has 1 aliphatic rings. The first-order chi connectivity index (χ1) is 12.0. The lowest BCUT2D eigenvalue weighted by Crippen LogP contribution is -3.13. The molecule has 1 saturated heterocycles. The molecule has 7 heteroatoms. The van der Waals surface area contributed by atoms with E-state index >= 15 is 0 Å². The van der Waals surface area contributed by atoms with Gasteiger partial charge in [-0.25, -0.2) is 0 Å². The predicted molar refractivity (Wildman–Crippen MR) is 102 cm³/mol. The average Bonchev–Trinajstić information content (AvgIpc) is 2.95. The zero-order valence-electron chi connectivity index (χ0n) is 15.8. The van der Waals surface area contributed by atoms with Crippen LogP contribution in [0.1, 0.15) is 45.9 Å². The first-order valence-corrected chi connectivity index (χ1v) is 10.2. The molecule has 1 atom stereocenters. The Morgan fingerprint density at radius 3 is 2.68 bits per heavy atom. The van der Waals surface area contributed by atoms with Gasteiger partial charge in [0.05, 0.1) is 31.3 Å². The van der Waals surface area contributed by atoms with Gasteiger partial charge in [-0.15, -0.1) is 16.8 Å². The number of allylic oxidation sites excluding steroid dienone is 1. The van der Waals surface area contributed by atoms with Crippen molar-refractivity contribution in [2.24, 2.45) is 0 Å². The van der Waals surface area contributed by atoms with Crippen LogP contribution in [0, 0.1) is 0 Å². The van der Waals surface area contributed by atoms with Crippen LogP contribution in [-0.2, 0) is 17.8 Å². The molecule has 2 heterocycles. The van der Waals surface area contributed by atoms with Gasteiger partial charge in [0.1, 0.15) is 5.82 Å². The molecule has 0 spiro atoms. The molecular weight excluding hydrogens is 334 g/mol. The monoisotopic (exact) mass is 366 g/mol. The van der Waals surface area contributed by atoms with Crippen molar-refractivity contribution in [1.82, 2.24) is 20.1 Å². The zero-order chi connectivity index (χ0) is 18.2. The molecule has 1 fully saturated rings. The lowest BCUT2D eigenvalue weighted by Gasteiger charge is -2.23. The van der Waals surface area contributed by atoms with Crippen molar-refractivity contribution < 1.29 is 9.69 Å². The average molecular weight is 367 g/mol. The molecule has 0 bridgehead atoms. The number of nitrogens with one attached hydrogen (secondary N) is 2. The fraction of sp³-hybridized carbons (Fsp3) is 0.722. The number of aromatic nitrogens is 3. The number of rotatable bonds is 9. The first kappa shape index (κ1) is 20.0. The van der Waals surface area contributed by atoms with Crippen LogP contribution in [0.5, 0.6) is 0 Å². The van der Waals surface area contributed by atoms with Gasteiger partial charge in [0.25, 0.3) is 0 Å². The van der Waals surface area contributed by atoms with E-state index in [4.69, 9.17) is 0 Å². The van der Waals surface area contributed by atoms with Gasteiger partial charge in [-0.1, -0.05) is 17.8 Å². The summed E-state index contributed by atoms with van der Waals surface area (Å²) in [5.74, 6) is 1.03. The van der Waals surface area contributed by atoms with Gasteiger partial charge >= 0.3 is 0 Å². The van der Waals surface area contributed by atoms with Crippen LogP contribution in [0.25, 0.3) is 0 Å². The fourth-order valence-electron chi connectivity index (χ4n) is 3.11. The van der Waals surface area contributed by atoms with Gasteiger partial charge in [-0.2, -0.15) is 0 Å². The highest BCUT2D eigenvalue weighted by Crippen LogP contribution is 2.22. The molecule has 1 aromatic rings. The van der Waals surface area contributed by atoms with Gasteiger partial charge in [-0.05, 0) is 40.0 Å². The van der Waals surface area contributed by atoms with Crippen LogP contribution < -0.4 is 10.2 Å². The molecule has 0 aromatic carbocycles. The zero-order valence-corrected chi connectivity index (χ0v) is 16.6. The molecule has 0 radical (unpaired) electrons. The quantitative estimate of drug-likeness (QED) is 0.507. The number of nitrogens with zero attached hydrogens (tertiary/aromatic N) is 3. The van der Waals surface area contributed by atoms with Gasteiger partial charge in [0.2, 0.25) is 5.91 Å². The summed E-state index contributed by atoms with van der Waals surface area (Å²) in [6.07, 6.45) is 6.82. The number of amides is 1. The van der Waals surface area contributed by atoms with Crippen molar-refractivity contribution in [1.29, 1.82) is 0 Å². The van der Waals surface area contributed by atoms with Crippen LogP contribution in [0.2, 0.25) is 0 Å². The second kappa shape index (κ2) is 9.97. The topological polar surface area (TPSA) is 64.2 Å². The summed E-state index contributed by atoms with van der Waals surface area (Å²) in [4.78, 5) is 13.8. The Kier molecular flexibility index (Phi) is 7.96. The Morgan fingerprint density at radius 1 is 1.32 bits per heavy atom. The summed E-state index contributed by atoms with van der Waals surface area (Å²) in [7, 11) is 0. The van der Waals surface area contributed by atoms with E-state index in [9.17, 15) is 4.79 Å². The second-order valence-electron chi connectivity index (χ2n) is 7.03. The normalized spacial score (nSPS) is 16.8. The molecular formula is C18H32N5OS+. The van der Waals surface area contributed by atoms with E-state index in [1.54, 1.807) is 4.90 Å². The smallest absolute Gasteiger partial charge is 0.233 e. The third-order valence-electron chi connectivity index (χ3n) is 4.45. The minimum atomic E-state index is -0.198. The third kappa shape index (κ3) is 6.15. The van der Waals surface area contributed by atoms with E-state index in [0.717, 1.165) is 23.9 Å². The van der Waals surface area contributed by atoms with Crippen molar-refractivity contribution in [3.8, 4) is 0 Å². The summed E-state index contributed by atoms with van der Waals surface area (Å²) >= 11 is 1.47. The number of hydrogen-bond acceptors (Lipinski definition) is 4. The van der Waals surface area contributed by atoms with Crippen molar-refractivity contribution in [3.05, 3.63) is 18.5 Å². The summed E-state index contributed by atoms with van der Waals surface area (Å²) in [5.41, 5.74) is 0. The molecule has 1 aromatic heterocycles. The van der Waals surface area contributed by atoms with Gasteiger partial charge < -0.3 is 14.8 Å². The SMILES string of the molecule is C=CCn1c(CC[NH+]2CCCCC2)nnc1S[C@H](C)C(=O)NC(C)C. The van der Waals surface area contributed by atoms with Gasteiger partial charge in [0, 0.05) is 12.6 Å². The Labute approximate surface area is 155 Å². The maximum absolute atomic E-state index is 12.2. The minimum Gasteiger partial charge on any atom is -0.353 e. The second-order valence-corrected chi connectivity index (χ2v) is 8.34. The Balaban J connectivity index is 1.99. The Hall–Kier alpha value is -1.34. The molecule has 6 nitrogen and oxygen atoms in total. The van der Waals surface area contributed by atoms with E-state index in [0.29, 0.717) is 6.54 Å². The molecule has 25 heavy (non-hydrogen) atoms. The number of hydrogen-bond donors (Lipinski definition) is 2. The standard InChI is InChI=1S/C18H31N5OS/c1-5-10-23-16(9-13-22-11-7-6-8-12-22)20-21-18(23)25-15(4)17(24)19-14(2)3/h5,14-15H,1,6-13H2,2-4H3,(H,19,24)/p+1/t15-/m1/s1. The maximum atomic E-state index is 12.2. The number of thioether (sulfide) groups is 1. The molecule has 1 amide bonds. The van der Waals surface area contributed by atoms with E-state index in [2.05, 4.69) is 26.7 Å². The van der Waals surface area contributed by atoms with Crippen LogP contribution >= 0.6 is 11.8 Å². The van der Waals surface area contributed by atoms with Crippen LogP contribution in [0.3, 0.4) is 0 Å². The molecule has 2 N–H and O–H groups in total. The number of likely N-dealkylation sites (tertiary alicyclic amines) is 1. The number of carbonyl (C=O) groups excluding carboxylic acids is 1. The molecule has 0 aliphatic carbocycles. The van der Waals surface area contributed by atoms with E-state index < -0.39 is 0 Å². The molecule has 0 unspecified atom stereocenters. The van der Waals surface area contributed by atoms with E-state index in [1.807, 2.05) is 26.8 Å². The summed E-state index contributed by atoms with van der Waals surface area (Å²) in [5, 5.41) is 12.3. The number of piperidine rings is 1. The number of carbonyl (C=O) groups is 1. The summed E-state index contributed by atoms with van der Waals surface area (Å²) in [6.45, 7) is 14.0. The molecule has 2 rings (SSSR count). The molecule has 140 valence electrons. The lowest BCUT2D eigenvalue weighted by atomic mass is 10.1. The fourth-order valence-corrected chi connectivity index (χ4v) is 3.99. The summed E-state index contributed by atoms with van der Waals surface area (Å²) < 4.78 is 2.10. The van der Waals surface area contributed by atoms with Crippen LogP contribution in [-0.4, -0.2) is 51.6 Å². The van der Waals surface area contributed by atoms with E-state index in [-0.39, 0.29) is 17.2 Å². The van der Waals surface area contributed by atoms with Crippen molar-refractivity contribution in [2.45, 2.75) is 69.4 Å². The third-order valence-corrected chi connectivity index (χ3v) is 5.53. The number of quaternary nitrogens is 1. The summed E-state index contributed by atoms with van der Waals surface area (Å²) in [6, 6.07) is 0.143. The first-order valence-electron chi connectivity index (χ1n) is 9.34. The van der Waals surface area contributed by atoms with Crippen molar-refractivity contribution >= 4 is 17.7 Å². The highest BCUT2D eigenvalue weighted by molar-refractivity contribution is 8.00. The van der Waals surface area contributed by atoms with Crippen LogP contribution in [0.4, 0.5) is 0 Å². The maximum Gasteiger partial charge on any atom is 0.233 e. The highest BCUT2D eigenvalue weighted by atomic mass is 32.2. The van der Waals surface area contributed by atoms with Crippen molar-refractivity contribution in [2.75, 3.05) is 19.6 Å². The highest BCUT2D eigenvalue weighted by Gasteiger charge is 2.21. The predicted octanol–water partition coefficient (Wildman–Crippen LogP) is 1.08. The van der Waals surface area contributed by atoms with Crippen molar-refractivity contribution in [3.63, 3.8) is 0 Å². The van der Waals surface area contributed by atoms with Crippen LogP contribution in [0.15, 0.2) is 17.8 Å². The van der Waals surface area contributed by atoms with Gasteiger partial charge in [0.15, 0.2) is 5.16 Å². The largest absolute Gasteiger partial charge is 0.353 e. The Bertz CT molecular complexity index is 566. The lowest BCUT2D eigenvalue weighted by molar-refractivity contribution is -0.904. The molecule has 0 saturated carbocycles. The Morgan fingerprint density at radius 2 is 2.04 bits per heavy atom. The van der Waals surface area contributed by atoms with Gasteiger partial charge in [-0.3, -0.25) is 4.79 Å². The molecule has 1 aliphatic heterocycles.